The molecule has 0 atom stereocenters. The zero-order chi connectivity index (χ0) is 15.5. The van der Waals surface area contributed by atoms with Crippen LogP contribution in [-0.4, -0.2) is 24.5 Å². The molecule has 7 nitrogen and oxygen atoms in total. The Labute approximate surface area is 122 Å². The van der Waals surface area contributed by atoms with Crippen LogP contribution in [0.25, 0.3) is 0 Å². The summed E-state index contributed by atoms with van der Waals surface area (Å²) in [6, 6.07) is 6.51. The molecule has 1 heterocycles. The quantitative estimate of drug-likeness (QED) is 0.784. The summed E-state index contributed by atoms with van der Waals surface area (Å²) in [5, 5.41) is 8.95. The van der Waals surface area contributed by atoms with Gasteiger partial charge in [-0.05, 0) is 25.1 Å². The maximum absolute atomic E-state index is 12.2. The average Bonchev–Trinajstić information content (AvgIpc) is 2.85. The minimum atomic E-state index is -3.71. The topological polar surface area (TPSA) is 104 Å². The van der Waals surface area contributed by atoms with E-state index < -0.39 is 10.0 Å². The van der Waals surface area contributed by atoms with Crippen LogP contribution in [-0.2, 0) is 14.8 Å². The van der Waals surface area contributed by atoms with Gasteiger partial charge in [-0.25, -0.2) is 8.42 Å². The standard InChI is InChI=1S/C13H16N4O3S/c1-3-13(18)15-10-5-4-6-11(7-10)17-21(19,20)12-8-14-16-9(12)2/h4-8,17H,3H2,1-2H3,(H,14,16)(H,15,18). The van der Waals surface area contributed by atoms with Gasteiger partial charge in [0.25, 0.3) is 10.0 Å². The van der Waals surface area contributed by atoms with Crippen molar-refractivity contribution in [3.63, 3.8) is 0 Å². The fourth-order valence-corrected chi connectivity index (χ4v) is 2.92. The second-order valence-electron chi connectivity index (χ2n) is 4.45. The van der Waals surface area contributed by atoms with Gasteiger partial charge in [-0.1, -0.05) is 13.0 Å². The molecule has 1 aromatic heterocycles. The molecule has 0 fully saturated rings. The average molecular weight is 308 g/mol. The van der Waals surface area contributed by atoms with Crippen LogP contribution in [0, 0.1) is 6.92 Å². The van der Waals surface area contributed by atoms with Crippen LogP contribution in [0.1, 0.15) is 19.0 Å². The Balaban J connectivity index is 2.22. The van der Waals surface area contributed by atoms with Gasteiger partial charge in [0.15, 0.2) is 0 Å². The summed E-state index contributed by atoms with van der Waals surface area (Å²) in [4.78, 5) is 11.4. The van der Waals surface area contributed by atoms with Gasteiger partial charge in [-0.3, -0.25) is 14.6 Å². The van der Waals surface area contributed by atoms with Gasteiger partial charge in [0.05, 0.1) is 17.6 Å². The number of hydrogen-bond acceptors (Lipinski definition) is 4. The minimum absolute atomic E-state index is 0.0884. The lowest BCUT2D eigenvalue weighted by molar-refractivity contribution is -0.115. The van der Waals surface area contributed by atoms with Crippen LogP contribution in [0.3, 0.4) is 0 Å². The number of H-pyrrole nitrogens is 1. The SMILES string of the molecule is CCC(=O)Nc1cccc(NS(=O)(=O)c2cn[nH]c2C)c1. The lowest BCUT2D eigenvalue weighted by Gasteiger charge is -2.09. The van der Waals surface area contributed by atoms with Gasteiger partial charge < -0.3 is 5.32 Å². The van der Waals surface area contributed by atoms with Crippen molar-refractivity contribution in [3.05, 3.63) is 36.2 Å². The first kappa shape index (κ1) is 15.0. The first-order valence-corrected chi connectivity index (χ1v) is 7.83. The van der Waals surface area contributed by atoms with E-state index in [-0.39, 0.29) is 10.8 Å². The summed E-state index contributed by atoms with van der Waals surface area (Å²) in [5.41, 5.74) is 1.36. The highest BCUT2D eigenvalue weighted by Crippen LogP contribution is 2.20. The highest BCUT2D eigenvalue weighted by atomic mass is 32.2. The number of rotatable bonds is 5. The van der Waals surface area contributed by atoms with E-state index in [0.717, 1.165) is 0 Å². The number of sulfonamides is 1. The largest absolute Gasteiger partial charge is 0.326 e. The molecule has 0 spiro atoms. The maximum Gasteiger partial charge on any atom is 0.265 e. The van der Waals surface area contributed by atoms with Crippen molar-refractivity contribution >= 4 is 27.3 Å². The second-order valence-corrected chi connectivity index (χ2v) is 6.10. The molecule has 2 rings (SSSR count). The number of hydrogen-bond donors (Lipinski definition) is 3. The van der Waals surface area contributed by atoms with Crippen LogP contribution < -0.4 is 10.0 Å². The summed E-state index contributed by atoms with van der Waals surface area (Å²) in [5.74, 6) is -0.138. The van der Waals surface area contributed by atoms with Crippen molar-refractivity contribution in [1.29, 1.82) is 0 Å². The van der Waals surface area contributed by atoms with Gasteiger partial charge in [0.1, 0.15) is 4.90 Å². The van der Waals surface area contributed by atoms with Crippen LogP contribution >= 0.6 is 0 Å². The Morgan fingerprint density at radius 2 is 2.05 bits per heavy atom. The molecule has 0 bridgehead atoms. The Morgan fingerprint density at radius 3 is 2.67 bits per heavy atom. The van der Waals surface area contributed by atoms with Crippen LogP contribution in [0.4, 0.5) is 11.4 Å². The molecule has 112 valence electrons. The molecule has 0 radical (unpaired) electrons. The van der Waals surface area contributed by atoms with Gasteiger partial charge >= 0.3 is 0 Å². The van der Waals surface area contributed by atoms with Crippen LogP contribution in [0.2, 0.25) is 0 Å². The fraction of sp³-hybridized carbons (Fsp3) is 0.231. The van der Waals surface area contributed by atoms with E-state index in [1.807, 2.05) is 0 Å². The van der Waals surface area contributed by atoms with Gasteiger partial charge in [-0.15, -0.1) is 0 Å². The number of aryl methyl sites for hydroxylation is 1. The highest BCUT2D eigenvalue weighted by Gasteiger charge is 2.18. The lowest BCUT2D eigenvalue weighted by Crippen LogP contribution is -2.14. The van der Waals surface area contributed by atoms with E-state index >= 15 is 0 Å². The van der Waals surface area contributed by atoms with Crippen LogP contribution in [0.15, 0.2) is 35.4 Å². The Bertz CT molecular complexity index is 752. The fourth-order valence-electron chi connectivity index (χ4n) is 1.73. The number of aromatic nitrogens is 2. The zero-order valence-electron chi connectivity index (χ0n) is 11.7. The summed E-state index contributed by atoms with van der Waals surface area (Å²) in [6.07, 6.45) is 1.60. The molecule has 0 aliphatic carbocycles. The Morgan fingerprint density at radius 1 is 1.33 bits per heavy atom. The predicted molar refractivity (Wildman–Crippen MR) is 79.5 cm³/mol. The number of nitrogens with zero attached hydrogens (tertiary/aromatic N) is 1. The molecule has 0 aliphatic rings. The summed E-state index contributed by atoms with van der Waals surface area (Å²) >= 11 is 0. The summed E-state index contributed by atoms with van der Waals surface area (Å²) in [6.45, 7) is 3.36. The van der Waals surface area contributed by atoms with E-state index in [9.17, 15) is 13.2 Å². The molecule has 0 saturated carbocycles. The molecule has 0 saturated heterocycles. The van der Waals surface area contributed by atoms with Crippen molar-refractivity contribution in [2.45, 2.75) is 25.2 Å². The number of carbonyl (C=O) groups excluding carboxylic acids is 1. The monoisotopic (exact) mass is 308 g/mol. The molecular weight excluding hydrogens is 292 g/mol. The van der Waals surface area contributed by atoms with Crippen molar-refractivity contribution in [2.24, 2.45) is 0 Å². The number of nitrogens with one attached hydrogen (secondary N) is 3. The molecule has 2 aromatic rings. The molecule has 0 unspecified atom stereocenters. The lowest BCUT2D eigenvalue weighted by atomic mass is 10.3. The van der Waals surface area contributed by atoms with Crippen molar-refractivity contribution in [1.82, 2.24) is 10.2 Å². The van der Waals surface area contributed by atoms with E-state index in [0.29, 0.717) is 23.5 Å². The Kier molecular flexibility index (Phi) is 4.27. The molecule has 0 aliphatic heterocycles. The summed E-state index contributed by atoms with van der Waals surface area (Å²) in [7, 11) is -3.71. The molecule has 8 heteroatoms. The van der Waals surface area contributed by atoms with E-state index in [1.165, 1.54) is 6.20 Å². The van der Waals surface area contributed by atoms with E-state index in [1.54, 1.807) is 38.1 Å². The van der Waals surface area contributed by atoms with E-state index in [2.05, 4.69) is 20.2 Å². The first-order chi connectivity index (χ1) is 9.92. The maximum atomic E-state index is 12.2. The number of carbonyl (C=O) groups is 1. The smallest absolute Gasteiger partial charge is 0.265 e. The predicted octanol–water partition coefficient (Wildman–Crippen LogP) is 1.87. The molecule has 1 aromatic carbocycles. The Hall–Kier alpha value is -2.35. The van der Waals surface area contributed by atoms with Crippen LogP contribution in [0.5, 0.6) is 0 Å². The van der Waals surface area contributed by atoms with Crippen molar-refractivity contribution in [2.75, 3.05) is 10.0 Å². The van der Waals surface area contributed by atoms with Crippen molar-refractivity contribution in [3.8, 4) is 0 Å². The minimum Gasteiger partial charge on any atom is -0.326 e. The number of aromatic amines is 1. The van der Waals surface area contributed by atoms with Gasteiger partial charge in [-0.2, -0.15) is 5.10 Å². The van der Waals surface area contributed by atoms with E-state index in [4.69, 9.17) is 0 Å². The zero-order valence-corrected chi connectivity index (χ0v) is 12.5. The molecular formula is C13H16N4O3S. The number of anilines is 2. The highest BCUT2D eigenvalue weighted by molar-refractivity contribution is 7.92. The second kappa shape index (κ2) is 5.96. The molecule has 21 heavy (non-hydrogen) atoms. The number of amides is 1. The van der Waals surface area contributed by atoms with Gasteiger partial charge in [0.2, 0.25) is 5.91 Å². The number of benzene rings is 1. The normalized spacial score (nSPS) is 11.1. The van der Waals surface area contributed by atoms with Gasteiger partial charge in [0, 0.05) is 12.1 Å². The third-order valence-corrected chi connectivity index (χ3v) is 4.29. The first-order valence-electron chi connectivity index (χ1n) is 6.35. The summed E-state index contributed by atoms with van der Waals surface area (Å²) < 4.78 is 26.9. The van der Waals surface area contributed by atoms with Crippen molar-refractivity contribution < 1.29 is 13.2 Å². The third kappa shape index (κ3) is 3.60. The molecule has 1 amide bonds. The molecule has 3 N–H and O–H groups in total. The third-order valence-electron chi connectivity index (χ3n) is 2.79.